The van der Waals surface area contributed by atoms with Crippen molar-refractivity contribution in [1.29, 1.82) is 0 Å². The minimum absolute atomic E-state index is 0.109. The van der Waals surface area contributed by atoms with Crippen molar-refractivity contribution in [2.24, 2.45) is 5.92 Å². The van der Waals surface area contributed by atoms with Gasteiger partial charge in [0.15, 0.2) is 5.75 Å². The van der Waals surface area contributed by atoms with E-state index in [-0.39, 0.29) is 11.3 Å². The second-order valence-corrected chi connectivity index (χ2v) is 8.27. The second kappa shape index (κ2) is 6.36. The van der Waals surface area contributed by atoms with Crippen molar-refractivity contribution < 1.29 is 14.6 Å². The standard InChI is InChI=1S/C24H25NO4/c1-13-23(29-3)22(26)17-11-16-14-8-9-15(10-14)24(27,19(16)12-20(17)25-13)18-6-4-5-7-21(18)28-2/h4-7,11-12,14-15,27H,8-10H2,1-3H3,(H,25,26)/t14-,15+,24-/m0/s1. The highest BCUT2D eigenvalue weighted by Crippen LogP contribution is 2.58. The van der Waals surface area contributed by atoms with Gasteiger partial charge in [0.2, 0.25) is 5.43 Å². The molecule has 5 heteroatoms. The molecule has 0 unspecified atom stereocenters. The van der Waals surface area contributed by atoms with E-state index in [0.717, 1.165) is 41.5 Å². The van der Waals surface area contributed by atoms with Crippen molar-refractivity contribution in [3.05, 3.63) is 69.0 Å². The second-order valence-electron chi connectivity index (χ2n) is 8.27. The van der Waals surface area contributed by atoms with Gasteiger partial charge in [-0.25, -0.2) is 0 Å². The van der Waals surface area contributed by atoms with Gasteiger partial charge in [-0.3, -0.25) is 4.79 Å². The molecule has 0 spiro atoms. The van der Waals surface area contributed by atoms with Crippen LogP contribution in [0.2, 0.25) is 0 Å². The Morgan fingerprint density at radius 3 is 2.66 bits per heavy atom. The lowest BCUT2D eigenvalue weighted by atomic mass is 9.68. The summed E-state index contributed by atoms with van der Waals surface area (Å²) in [4.78, 5) is 16.3. The third kappa shape index (κ3) is 2.40. The Balaban J connectivity index is 1.84. The molecular formula is C24H25NO4. The van der Waals surface area contributed by atoms with Crippen molar-refractivity contribution in [2.45, 2.75) is 37.7 Å². The van der Waals surface area contributed by atoms with E-state index in [1.165, 1.54) is 7.11 Å². The Kier molecular flexibility index (Phi) is 4.00. The topological polar surface area (TPSA) is 71.6 Å². The van der Waals surface area contributed by atoms with E-state index in [1.807, 2.05) is 43.3 Å². The summed E-state index contributed by atoms with van der Waals surface area (Å²) in [6.45, 7) is 1.83. The number of aliphatic hydroxyl groups is 1. The highest BCUT2D eigenvalue weighted by Gasteiger charge is 2.51. The number of aryl methyl sites for hydroxylation is 1. The zero-order valence-corrected chi connectivity index (χ0v) is 16.9. The highest BCUT2D eigenvalue weighted by atomic mass is 16.5. The van der Waals surface area contributed by atoms with Gasteiger partial charge in [0.25, 0.3) is 0 Å². The number of para-hydroxylation sites is 1. The van der Waals surface area contributed by atoms with Crippen molar-refractivity contribution in [3.63, 3.8) is 0 Å². The summed E-state index contributed by atoms with van der Waals surface area (Å²) >= 11 is 0. The van der Waals surface area contributed by atoms with E-state index < -0.39 is 5.60 Å². The summed E-state index contributed by atoms with van der Waals surface area (Å²) in [5, 5.41) is 12.8. The zero-order chi connectivity index (χ0) is 20.3. The zero-order valence-electron chi connectivity index (χ0n) is 16.9. The molecule has 2 aromatic carbocycles. The van der Waals surface area contributed by atoms with Crippen LogP contribution in [0.25, 0.3) is 10.9 Å². The highest BCUT2D eigenvalue weighted by molar-refractivity contribution is 5.83. The number of benzene rings is 2. The van der Waals surface area contributed by atoms with Gasteiger partial charge in [-0.1, -0.05) is 18.2 Å². The molecule has 0 saturated heterocycles. The molecule has 29 heavy (non-hydrogen) atoms. The van der Waals surface area contributed by atoms with Crippen LogP contribution in [-0.2, 0) is 5.60 Å². The van der Waals surface area contributed by atoms with Crippen molar-refractivity contribution >= 4 is 10.9 Å². The normalized spacial score (nSPS) is 25.1. The fourth-order valence-electron chi connectivity index (χ4n) is 5.56. The number of methoxy groups -OCH3 is 2. The number of ether oxygens (including phenoxy) is 2. The molecule has 2 aliphatic rings. The first kappa shape index (κ1) is 18.3. The average Bonchev–Trinajstić information content (AvgIpc) is 3.19. The van der Waals surface area contributed by atoms with E-state index >= 15 is 0 Å². The van der Waals surface area contributed by atoms with Gasteiger partial charge in [-0.2, -0.15) is 0 Å². The molecule has 0 aliphatic heterocycles. The van der Waals surface area contributed by atoms with Crippen LogP contribution in [0, 0.1) is 12.8 Å². The van der Waals surface area contributed by atoms with Crippen LogP contribution >= 0.6 is 0 Å². The third-order valence-electron chi connectivity index (χ3n) is 6.90. The molecule has 3 aromatic rings. The van der Waals surface area contributed by atoms with Crippen LogP contribution in [0.1, 0.15) is 47.6 Å². The number of H-pyrrole nitrogens is 1. The Morgan fingerprint density at radius 1 is 1.10 bits per heavy atom. The first-order valence-corrected chi connectivity index (χ1v) is 10.1. The smallest absolute Gasteiger partial charge is 0.231 e. The fourth-order valence-corrected chi connectivity index (χ4v) is 5.56. The first-order chi connectivity index (χ1) is 14.0. The predicted molar refractivity (Wildman–Crippen MR) is 112 cm³/mol. The van der Waals surface area contributed by atoms with Gasteiger partial charge in [0.05, 0.1) is 25.4 Å². The lowest BCUT2D eigenvalue weighted by molar-refractivity contribution is 0.0104. The number of rotatable bonds is 3. The Labute approximate surface area is 169 Å². The molecule has 5 rings (SSSR count). The van der Waals surface area contributed by atoms with Crippen LogP contribution in [0.5, 0.6) is 11.5 Å². The van der Waals surface area contributed by atoms with Crippen LogP contribution in [0.3, 0.4) is 0 Å². The van der Waals surface area contributed by atoms with E-state index in [0.29, 0.717) is 28.5 Å². The summed E-state index contributed by atoms with van der Waals surface area (Å²) in [6, 6.07) is 11.6. The molecule has 150 valence electrons. The third-order valence-corrected chi connectivity index (χ3v) is 6.90. The molecule has 2 N–H and O–H groups in total. The Morgan fingerprint density at radius 2 is 1.90 bits per heavy atom. The van der Waals surface area contributed by atoms with E-state index in [9.17, 15) is 9.90 Å². The number of hydrogen-bond donors (Lipinski definition) is 2. The van der Waals surface area contributed by atoms with Crippen molar-refractivity contribution in [3.8, 4) is 11.5 Å². The van der Waals surface area contributed by atoms with E-state index in [4.69, 9.17) is 9.47 Å². The summed E-state index contributed by atoms with van der Waals surface area (Å²) in [5.41, 5.74) is 2.90. The van der Waals surface area contributed by atoms with Crippen LogP contribution < -0.4 is 14.9 Å². The largest absolute Gasteiger partial charge is 0.496 e. The number of pyridine rings is 1. The van der Waals surface area contributed by atoms with Crippen LogP contribution in [-0.4, -0.2) is 24.3 Å². The minimum atomic E-state index is -1.14. The van der Waals surface area contributed by atoms with Gasteiger partial charge in [-0.15, -0.1) is 0 Å². The molecule has 0 radical (unpaired) electrons. The maximum Gasteiger partial charge on any atom is 0.231 e. The minimum Gasteiger partial charge on any atom is -0.496 e. The summed E-state index contributed by atoms with van der Waals surface area (Å²) in [7, 11) is 3.15. The quantitative estimate of drug-likeness (QED) is 0.708. The van der Waals surface area contributed by atoms with Crippen LogP contribution in [0.4, 0.5) is 0 Å². The van der Waals surface area contributed by atoms with E-state index in [2.05, 4.69) is 4.98 Å². The summed E-state index contributed by atoms with van der Waals surface area (Å²) < 4.78 is 10.9. The van der Waals surface area contributed by atoms with E-state index in [1.54, 1.807) is 7.11 Å². The first-order valence-electron chi connectivity index (χ1n) is 10.1. The van der Waals surface area contributed by atoms with Gasteiger partial charge >= 0.3 is 0 Å². The summed E-state index contributed by atoms with van der Waals surface area (Å²) in [6.07, 6.45) is 2.87. The number of aromatic amines is 1. The SMILES string of the molecule is COc1ccccc1[C@]1(O)c2cc3[nH]c(C)c(OC)c(=O)c3cc2[C@H]2CC[C@@H]1C2. The fraction of sp³-hybridized carbons (Fsp3) is 0.375. The molecule has 1 saturated carbocycles. The molecule has 5 nitrogen and oxygen atoms in total. The predicted octanol–water partition coefficient (Wildman–Crippen LogP) is 3.99. The average molecular weight is 391 g/mol. The number of nitrogens with one attached hydrogen (secondary N) is 1. The van der Waals surface area contributed by atoms with Gasteiger partial charge in [0, 0.05) is 10.9 Å². The van der Waals surface area contributed by atoms with Crippen molar-refractivity contribution in [2.75, 3.05) is 14.2 Å². The lowest BCUT2D eigenvalue weighted by Gasteiger charge is -2.41. The molecule has 2 aliphatic carbocycles. The summed E-state index contributed by atoms with van der Waals surface area (Å²) in [5.74, 6) is 1.52. The lowest BCUT2D eigenvalue weighted by Crippen LogP contribution is -2.39. The monoisotopic (exact) mass is 391 g/mol. The number of aromatic nitrogens is 1. The van der Waals surface area contributed by atoms with Gasteiger partial charge in [0.1, 0.15) is 11.4 Å². The molecule has 1 aromatic heterocycles. The van der Waals surface area contributed by atoms with Crippen molar-refractivity contribution in [1.82, 2.24) is 4.98 Å². The molecule has 0 amide bonds. The molecule has 2 bridgehead atoms. The van der Waals surface area contributed by atoms with Gasteiger partial charge < -0.3 is 19.6 Å². The maximum atomic E-state index is 13.0. The maximum absolute atomic E-state index is 13.0. The van der Waals surface area contributed by atoms with Gasteiger partial charge in [-0.05, 0) is 67.3 Å². The molecule has 1 fully saturated rings. The number of fused-ring (bicyclic) bond motifs is 5. The molecule has 1 heterocycles. The molecular weight excluding hydrogens is 366 g/mol. The molecule has 3 atom stereocenters. The Bertz CT molecular complexity index is 1180. The number of hydrogen-bond acceptors (Lipinski definition) is 4. The Hall–Kier alpha value is -2.79. The van der Waals surface area contributed by atoms with Crippen LogP contribution in [0.15, 0.2) is 41.2 Å².